The number of thioether (sulfide) groups is 1. The van der Waals surface area contributed by atoms with Crippen molar-refractivity contribution in [3.05, 3.63) is 53.9 Å². The average Bonchev–Trinajstić information content (AvgIpc) is 3.41. The first-order valence-corrected chi connectivity index (χ1v) is 9.69. The Kier molecular flexibility index (Phi) is 5.43. The van der Waals surface area contributed by atoms with Gasteiger partial charge in [-0.2, -0.15) is 9.67 Å². The van der Waals surface area contributed by atoms with E-state index in [1.807, 2.05) is 37.3 Å². The van der Waals surface area contributed by atoms with E-state index in [1.165, 1.54) is 11.8 Å². The minimum absolute atomic E-state index is 0.437. The molecule has 0 aliphatic heterocycles. The van der Waals surface area contributed by atoms with Gasteiger partial charge < -0.3 is 14.0 Å². The van der Waals surface area contributed by atoms with Gasteiger partial charge in [0.25, 0.3) is 0 Å². The number of ether oxygens (including phenoxy) is 2. The van der Waals surface area contributed by atoms with Crippen LogP contribution in [0.5, 0.6) is 11.5 Å². The Morgan fingerprint density at radius 3 is 2.72 bits per heavy atom. The third kappa shape index (κ3) is 4.06. The highest BCUT2D eigenvalue weighted by molar-refractivity contribution is 7.98. The molecule has 0 radical (unpaired) electrons. The molecule has 2 aromatic carbocycles. The Morgan fingerprint density at radius 1 is 1.07 bits per heavy atom. The second-order valence-electron chi connectivity index (χ2n) is 6.08. The number of aromatic nitrogens is 6. The Balaban J connectivity index is 1.49. The lowest BCUT2D eigenvalue weighted by Crippen LogP contribution is -1.99. The van der Waals surface area contributed by atoms with E-state index in [4.69, 9.17) is 14.0 Å². The van der Waals surface area contributed by atoms with Crippen LogP contribution in [-0.4, -0.2) is 44.6 Å². The van der Waals surface area contributed by atoms with E-state index in [-0.39, 0.29) is 0 Å². The topological polar surface area (TPSA) is 101 Å². The van der Waals surface area contributed by atoms with E-state index in [9.17, 15) is 0 Å². The molecule has 0 amide bonds. The number of benzene rings is 2. The summed E-state index contributed by atoms with van der Waals surface area (Å²) >= 11 is 1.42. The molecule has 0 spiro atoms. The summed E-state index contributed by atoms with van der Waals surface area (Å²) in [6, 6.07) is 13.4. The van der Waals surface area contributed by atoms with Gasteiger partial charge in [-0.05, 0) is 53.2 Å². The molecule has 0 atom stereocenters. The van der Waals surface area contributed by atoms with E-state index in [2.05, 4.69) is 25.7 Å². The van der Waals surface area contributed by atoms with Crippen molar-refractivity contribution in [1.82, 2.24) is 30.3 Å². The highest BCUT2D eigenvalue weighted by Gasteiger charge is 2.15. The summed E-state index contributed by atoms with van der Waals surface area (Å²) in [7, 11) is 3.17. The quantitative estimate of drug-likeness (QED) is 0.425. The van der Waals surface area contributed by atoms with Crippen LogP contribution in [0.3, 0.4) is 0 Å². The van der Waals surface area contributed by atoms with Crippen molar-refractivity contribution in [3.63, 3.8) is 0 Å². The van der Waals surface area contributed by atoms with Crippen LogP contribution in [0.25, 0.3) is 17.1 Å². The summed E-state index contributed by atoms with van der Waals surface area (Å²) in [6.45, 7) is 2.02. The van der Waals surface area contributed by atoms with Crippen molar-refractivity contribution in [1.29, 1.82) is 0 Å². The highest BCUT2D eigenvalue weighted by Crippen LogP contribution is 2.31. The first kappa shape index (κ1) is 18.9. The fourth-order valence-electron chi connectivity index (χ4n) is 2.72. The van der Waals surface area contributed by atoms with E-state index >= 15 is 0 Å². The van der Waals surface area contributed by atoms with Gasteiger partial charge in [0.05, 0.1) is 25.7 Å². The smallest absolute Gasteiger partial charge is 0.237 e. The van der Waals surface area contributed by atoms with Crippen LogP contribution in [0, 0.1) is 6.92 Å². The maximum Gasteiger partial charge on any atom is 0.237 e. The van der Waals surface area contributed by atoms with Crippen LogP contribution in [-0.2, 0) is 5.75 Å². The van der Waals surface area contributed by atoms with E-state index in [1.54, 1.807) is 31.0 Å². The molecule has 4 rings (SSSR count). The third-order valence-corrected chi connectivity index (χ3v) is 5.03. The molecule has 0 unspecified atom stereocenters. The van der Waals surface area contributed by atoms with Crippen molar-refractivity contribution in [3.8, 4) is 28.6 Å². The van der Waals surface area contributed by atoms with Gasteiger partial charge in [-0.25, -0.2) is 0 Å². The Hall–Kier alpha value is -3.40. The van der Waals surface area contributed by atoms with Gasteiger partial charge in [0.2, 0.25) is 16.9 Å². The summed E-state index contributed by atoms with van der Waals surface area (Å²) < 4.78 is 17.6. The van der Waals surface area contributed by atoms with Crippen LogP contribution in [0.15, 0.2) is 52.1 Å². The van der Waals surface area contributed by atoms with Crippen LogP contribution in [0.1, 0.15) is 11.5 Å². The molecule has 148 valence electrons. The predicted molar refractivity (Wildman–Crippen MR) is 106 cm³/mol. The fourth-order valence-corrected chi connectivity index (χ4v) is 3.45. The second kappa shape index (κ2) is 8.31. The summed E-state index contributed by atoms with van der Waals surface area (Å²) in [5.74, 6) is 2.62. The van der Waals surface area contributed by atoms with Crippen LogP contribution in [0.2, 0.25) is 0 Å². The number of hydrogen-bond acceptors (Lipinski definition) is 9. The number of nitrogens with zero attached hydrogens (tertiary/aromatic N) is 6. The first-order chi connectivity index (χ1) is 14.2. The summed E-state index contributed by atoms with van der Waals surface area (Å²) in [6.07, 6.45) is 0. The molecular weight excluding hydrogens is 392 g/mol. The van der Waals surface area contributed by atoms with E-state index in [0.29, 0.717) is 34.1 Å². The average molecular weight is 410 g/mol. The largest absolute Gasteiger partial charge is 0.493 e. The maximum atomic E-state index is 5.38. The molecule has 0 saturated heterocycles. The van der Waals surface area contributed by atoms with Gasteiger partial charge in [0.1, 0.15) is 0 Å². The lowest BCUT2D eigenvalue weighted by atomic mass is 10.2. The minimum atomic E-state index is 0.437. The van der Waals surface area contributed by atoms with Crippen molar-refractivity contribution < 1.29 is 14.0 Å². The minimum Gasteiger partial charge on any atom is -0.493 e. The normalized spacial score (nSPS) is 10.9. The molecule has 0 aliphatic carbocycles. The molecule has 0 saturated carbocycles. The van der Waals surface area contributed by atoms with Gasteiger partial charge in [0, 0.05) is 5.56 Å². The Labute approximate surface area is 171 Å². The first-order valence-electron chi connectivity index (χ1n) is 8.71. The summed E-state index contributed by atoms with van der Waals surface area (Å²) in [5.41, 5.74) is 2.80. The van der Waals surface area contributed by atoms with Gasteiger partial charge in [0.15, 0.2) is 11.5 Å². The lowest BCUT2D eigenvalue weighted by Gasteiger charge is -2.07. The highest BCUT2D eigenvalue weighted by atomic mass is 32.2. The Morgan fingerprint density at radius 2 is 1.93 bits per heavy atom. The third-order valence-electron chi connectivity index (χ3n) is 4.12. The lowest BCUT2D eigenvalue weighted by molar-refractivity contribution is 0.355. The molecular formula is C19H18N6O3S. The zero-order valence-electron chi connectivity index (χ0n) is 16.1. The number of rotatable bonds is 7. The molecule has 4 aromatic rings. The molecule has 2 aromatic heterocycles. The number of aryl methyl sites for hydroxylation is 1. The Bertz CT molecular complexity index is 1130. The maximum absolute atomic E-state index is 5.38. The van der Waals surface area contributed by atoms with E-state index in [0.717, 1.165) is 16.8 Å². The van der Waals surface area contributed by atoms with E-state index < -0.39 is 0 Å². The predicted octanol–water partition coefficient (Wildman–Crippen LogP) is 3.33. The molecule has 2 heterocycles. The van der Waals surface area contributed by atoms with Gasteiger partial charge in [-0.15, -0.1) is 5.10 Å². The number of methoxy groups -OCH3 is 2. The second-order valence-corrected chi connectivity index (χ2v) is 7.02. The zero-order valence-corrected chi connectivity index (χ0v) is 16.9. The molecule has 9 nitrogen and oxygen atoms in total. The van der Waals surface area contributed by atoms with Crippen molar-refractivity contribution in [2.45, 2.75) is 17.8 Å². The molecule has 29 heavy (non-hydrogen) atoms. The molecule has 10 heteroatoms. The fraction of sp³-hybridized carbons (Fsp3) is 0.211. The summed E-state index contributed by atoms with van der Waals surface area (Å²) in [4.78, 5) is 4.45. The van der Waals surface area contributed by atoms with Gasteiger partial charge in [-0.3, -0.25) is 0 Å². The SMILES string of the molecule is COc1ccc(-c2noc(CSc3nnnn3-c3cccc(C)c3)n2)cc1OC. The zero-order chi connectivity index (χ0) is 20.2. The molecule has 0 bridgehead atoms. The van der Waals surface area contributed by atoms with Crippen molar-refractivity contribution >= 4 is 11.8 Å². The molecule has 0 N–H and O–H groups in total. The molecule has 0 fully saturated rings. The van der Waals surface area contributed by atoms with Gasteiger partial charge in [-0.1, -0.05) is 29.1 Å². The standard InChI is InChI=1S/C19H18N6O3S/c1-12-5-4-6-14(9-12)25-19(21-23-24-25)29-11-17-20-18(22-28-17)13-7-8-15(26-2)16(10-13)27-3/h4-10H,11H2,1-3H3. The molecule has 0 aliphatic rings. The monoisotopic (exact) mass is 410 g/mol. The summed E-state index contributed by atoms with van der Waals surface area (Å²) in [5, 5.41) is 16.6. The van der Waals surface area contributed by atoms with Crippen LogP contribution in [0.4, 0.5) is 0 Å². The van der Waals surface area contributed by atoms with Crippen LogP contribution >= 0.6 is 11.8 Å². The number of hydrogen-bond donors (Lipinski definition) is 0. The van der Waals surface area contributed by atoms with Crippen LogP contribution < -0.4 is 9.47 Å². The number of tetrazole rings is 1. The van der Waals surface area contributed by atoms with Crippen molar-refractivity contribution in [2.75, 3.05) is 14.2 Å². The van der Waals surface area contributed by atoms with Gasteiger partial charge >= 0.3 is 0 Å². The van der Waals surface area contributed by atoms with Crippen molar-refractivity contribution in [2.24, 2.45) is 0 Å².